The number of aliphatic carboxylic acids is 2. The fraction of sp³-hybridized carbons (Fsp3) is 0.333. The van der Waals surface area contributed by atoms with Crippen LogP contribution in [0, 0.1) is 6.92 Å². The van der Waals surface area contributed by atoms with Gasteiger partial charge in [0.15, 0.2) is 0 Å². The third kappa shape index (κ3) is 13.0. The highest BCUT2D eigenvalue weighted by atomic mass is 16.5. The number of nitrogens with zero attached hydrogens (tertiary/aromatic N) is 1. The maximum atomic E-state index is 9.55. The Balaban J connectivity index is 0.000000515. The first kappa shape index (κ1) is 20.6. The van der Waals surface area contributed by atoms with Crippen LogP contribution >= 0.6 is 0 Å². The Kier molecular flexibility index (Phi) is 10.0. The van der Waals surface area contributed by atoms with Crippen molar-refractivity contribution >= 4 is 11.9 Å². The molecule has 0 bridgehead atoms. The van der Waals surface area contributed by atoms with Crippen LogP contribution in [-0.4, -0.2) is 58.6 Å². The van der Waals surface area contributed by atoms with Crippen molar-refractivity contribution in [3.63, 3.8) is 0 Å². The molecule has 0 saturated carbocycles. The maximum absolute atomic E-state index is 9.55. The van der Waals surface area contributed by atoms with Crippen LogP contribution in [-0.2, 0) is 9.59 Å². The number of aryl methyl sites for hydroxylation is 1. The molecule has 1 aromatic carbocycles. The summed E-state index contributed by atoms with van der Waals surface area (Å²) in [5.74, 6) is 3.65. The SMILES string of the molecule is Cc1ccc(OCC(O)CN(C)N)cc1.O=C(O)C=CC(=O)O. The van der Waals surface area contributed by atoms with Crippen molar-refractivity contribution in [3.8, 4) is 5.75 Å². The molecule has 0 radical (unpaired) electrons. The van der Waals surface area contributed by atoms with E-state index in [9.17, 15) is 14.7 Å². The zero-order valence-corrected chi connectivity index (χ0v) is 13.0. The van der Waals surface area contributed by atoms with Gasteiger partial charge in [-0.05, 0) is 19.1 Å². The lowest BCUT2D eigenvalue weighted by atomic mass is 10.2. The molecule has 0 heterocycles. The number of benzene rings is 1. The van der Waals surface area contributed by atoms with E-state index < -0.39 is 18.0 Å². The molecule has 0 saturated heterocycles. The lowest BCUT2D eigenvalue weighted by Gasteiger charge is -2.16. The molecule has 0 aromatic heterocycles. The number of likely N-dealkylation sites (N-methyl/N-ethyl adjacent to an activating group) is 1. The van der Waals surface area contributed by atoms with Crippen molar-refractivity contribution in [2.24, 2.45) is 5.84 Å². The van der Waals surface area contributed by atoms with Crippen LogP contribution in [0.2, 0.25) is 0 Å². The van der Waals surface area contributed by atoms with Crippen molar-refractivity contribution in [1.82, 2.24) is 5.01 Å². The van der Waals surface area contributed by atoms with Gasteiger partial charge in [0.2, 0.25) is 0 Å². The number of ether oxygens (including phenoxy) is 1. The molecule has 1 rings (SSSR count). The summed E-state index contributed by atoms with van der Waals surface area (Å²) in [6.07, 6.45) is 0.548. The van der Waals surface area contributed by atoms with Crippen molar-refractivity contribution in [2.45, 2.75) is 13.0 Å². The molecule has 0 aliphatic rings. The number of nitrogens with two attached hydrogens (primary N) is 1. The first-order chi connectivity index (χ1) is 10.7. The van der Waals surface area contributed by atoms with Gasteiger partial charge < -0.3 is 20.1 Å². The largest absolute Gasteiger partial charge is 0.491 e. The number of carbonyl (C=O) groups is 2. The van der Waals surface area contributed by atoms with E-state index in [1.54, 1.807) is 7.05 Å². The first-order valence-electron chi connectivity index (χ1n) is 6.68. The summed E-state index contributed by atoms with van der Waals surface area (Å²) in [6, 6.07) is 7.70. The lowest BCUT2D eigenvalue weighted by molar-refractivity contribution is -0.134. The van der Waals surface area contributed by atoms with E-state index in [1.807, 2.05) is 31.2 Å². The number of rotatable bonds is 7. The molecule has 1 atom stereocenters. The van der Waals surface area contributed by atoms with Crippen LogP contribution in [0.1, 0.15) is 5.56 Å². The highest BCUT2D eigenvalue weighted by Crippen LogP contribution is 2.11. The molecule has 1 aromatic rings. The molecular weight excluding hydrogens is 304 g/mol. The third-order valence-electron chi connectivity index (χ3n) is 2.33. The van der Waals surface area contributed by atoms with Gasteiger partial charge in [-0.2, -0.15) is 0 Å². The Morgan fingerprint density at radius 3 is 2.09 bits per heavy atom. The third-order valence-corrected chi connectivity index (χ3v) is 2.33. The van der Waals surface area contributed by atoms with Gasteiger partial charge in [-0.25, -0.2) is 14.6 Å². The summed E-state index contributed by atoms with van der Waals surface area (Å²) >= 11 is 0. The van der Waals surface area contributed by atoms with Gasteiger partial charge in [-0.1, -0.05) is 17.7 Å². The van der Waals surface area contributed by atoms with E-state index >= 15 is 0 Å². The van der Waals surface area contributed by atoms with Gasteiger partial charge in [0, 0.05) is 25.7 Å². The number of hydrogen-bond donors (Lipinski definition) is 4. The Hall–Kier alpha value is -2.42. The minimum absolute atomic E-state index is 0.255. The second kappa shape index (κ2) is 11.2. The van der Waals surface area contributed by atoms with Crippen LogP contribution in [0.25, 0.3) is 0 Å². The number of carboxylic acids is 2. The highest BCUT2D eigenvalue weighted by Gasteiger charge is 2.06. The molecular formula is C15H22N2O6. The average Bonchev–Trinajstić information content (AvgIpc) is 2.44. The maximum Gasteiger partial charge on any atom is 0.328 e. The predicted molar refractivity (Wildman–Crippen MR) is 83.9 cm³/mol. The number of aliphatic hydroxyl groups is 1. The van der Waals surface area contributed by atoms with E-state index in [0.29, 0.717) is 18.7 Å². The number of hydrazine groups is 1. The van der Waals surface area contributed by atoms with Gasteiger partial charge in [0.25, 0.3) is 0 Å². The molecule has 0 aliphatic heterocycles. The van der Waals surface area contributed by atoms with Gasteiger partial charge in [0.05, 0.1) is 0 Å². The fourth-order valence-corrected chi connectivity index (χ4v) is 1.35. The minimum atomic E-state index is -1.26. The molecule has 0 amide bonds. The Bertz CT molecular complexity index is 497. The zero-order valence-electron chi connectivity index (χ0n) is 13.0. The predicted octanol–water partition coefficient (Wildman–Crippen LogP) is 0.252. The zero-order chi connectivity index (χ0) is 17.8. The normalized spacial score (nSPS) is 11.7. The van der Waals surface area contributed by atoms with Gasteiger partial charge in [-0.3, -0.25) is 5.84 Å². The van der Waals surface area contributed by atoms with E-state index in [2.05, 4.69) is 0 Å². The molecule has 0 fully saturated rings. The van der Waals surface area contributed by atoms with Gasteiger partial charge in [0.1, 0.15) is 18.5 Å². The topological polar surface area (TPSA) is 133 Å². The van der Waals surface area contributed by atoms with Crippen LogP contribution in [0.4, 0.5) is 0 Å². The highest BCUT2D eigenvalue weighted by molar-refractivity contribution is 5.89. The molecule has 23 heavy (non-hydrogen) atoms. The van der Waals surface area contributed by atoms with E-state index in [0.717, 1.165) is 5.75 Å². The smallest absolute Gasteiger partial charge is 0.328 e. The van der Waals surface area contributed by atoms with E-state index in [4.69, 9.17) is 20.8 Å². The second-order valence-electron chi connectivity index (χ2n) is 4.73. The summed E-state index contributed by atoms with van der Waals surface area (Å²) in [5, 5.41) is 26.5. The van der Waals surface area contributed by atoms with Crippen LogP contribution in [0.5, 0.6) is 5.75 Å². The quantitative estimate of drug-likeness (QED) is 0.318. The van der Waals surface area contributed by atoms with Crippen LogP contribution in [0.3, 0.4) is 0 Å². The van der Waals surface area contributed by atoms with Crippen molar-refractivity contribution < 1.29 is 29.6 Å². The Morgan fingerprint density at radius 1 is 1.22 bits per heavy atom. The van der Waals surface area contributed by atoms with Crippen molar-refractivity contribution in [3.05, 3.63) is 42.0 Å². The Labute approximate surface area is 134 Å². The minimum Gasteiger partial charge on any atom is -0.491 e. The summed E-state index contributed by atoms with van der Waals surface area (Å²) in [4.78, 5) is 19.1. The first-order valence-corrected chi connectivity index (χ1v) is 6.68. The van der Waals surface area contributed by atoms with Crippen LogP contribution < -0.4 is 10.6 Å². The lowest BCUT2D eigenvalue weighted by Crippen LogP contribution is -2.37. The summed E-state index contributed by atoms with van der Waals surface area (Å²) in [7, 11) is 1.70. The molecule has 0 spiro atoms. The monoisotopic (exact) mass is 326 g/mol. The summed E-state index contributed by atoms with van der Waals surface area (Å²) in [5.41, 5.74) is 1.18. The molecule has 128 valence electrons. The van der Waals surface area contributed by atoms with Gasteiger partial charge >= 0.3 is 11.9 Å². The number of aliphatic hydroxyl groups excluding tert-OH is 1. The van der Waals surface area contributed by atoms with Crippen molar-refractivity contribution in [1.29, 1.82) is 0 Å². The number of hydrogen-bond acceptors (Lipinski definition) is 6. The standard InChI is InChI=1S/C11H18N2O2.C4H4O4/c1-9-3-5-11(6-4-9)15-8-10(14)7-13(2)12;5-3(6)1-2-4(7)8/h3-6,10,14H,7-8,12H2,1-2H3;1-2H,(H,5,6)(H,7,8). The molecule has 1 unspecified atom stereocenters. The van der Waals surface area contributed by atoms with E-state index in [-0.39, 0.29) is 6.61 Å². The summed E-state index contributed by atoms with van der Waals surface area (Å²) < 4.78 is 5.39. The molecule has 0 aliphatic carbocycles. The number of carboxylic acid groups (broad SMARTS) is 2. The summed E-state index contributed by atoms with van der Waals surface area (Å²) in [6.45, 7) is 2.67. The fourth-order valence-electron chi connectivity index (χ4n) is 1.35. The molecule has 5 N–H and O–H groups in total. The Morgan fingerprint density at radius 2 is 1.70 bits per heavy atom. The van der Waals surface area contributed by atoms with Crippen LogP contribution in [0.15, 0.2) is 36.4 Å². The average molecular weight is 326 g/mol. The molecule has 8 heteroatoms. The van der Waals surface area contributed by atoms with Gasteiger partial charge in [-0.15, -0.1) is 0 Å². The van der Waals surface area contributed by atoms with Crippen molar-refractivity contribution in [2.75, 3.05) is 20.2 Å². The second-order valence-corrected chi connectivity index (χ2v) is 4.73. The van der Waals surface area contributed by atoms with E-state index in [1.165, 1.54) is 10.6 Å². The molecule has 8 nitrogen and oxygen atoms in total.